The fourth-order valence-electron chi connectivity index (χ4n) is 3.33. The Morgan fingerprint density at radius 2 is 2.11 bits per heavy atom. The van der Waals surface area contributed by atoms with Gasteiger partial charge in [-0.25, -0.2) is 4.79 Å². The maximum Gasteiger partial charge on any atom is 0.322 e. The maximum absolute atomic E-state index is 12.7. The van der Waals surface area contributed by atoms with Gasteiger partial charge in [0.05, 0.1) is 13.2 Å². The molecule has 1 saturated heterocycles. The largest absolute Gasteiger partial charge is 0.383 e. The molecule has 0 unspecified atom stereocenters. The van der Waals surface area contributed by atoms with Crippen molar-refractivity contribution in [2.45, 2.75) is 32.9 Å². The van der Waals surface area contributed by atoms with Crippen molar-refractivity contribution >= 4 is 17.4 Å². The molecule has 1 fully saturated rings. The molecule has 0 saturated carbocycles. The standard InChI is InChI=1S/C19H28N6O2/c1-15-16(7-6-8-17(15)24-9-4-5-10-24)21-19(26)23(2)13-18-22-20-14-25(18)11-12-27-3/h6-8,14H,4-5,9-13H2,1-3H3,(H,21,26). The van der Waals surface area contributed by atoms with Gasteiger partial charge in [-0.1, -0.05) is 6.07 Å². The van der Waals surface area contributed by atoms with E-state index in [1.165, 1.54) is 18.5 Å². The van der Waals surface area contributed by atoms with Crippen LogP contribution in [0, 0.1) is 6.92 Å². The first-order valence-corrected chi connectivity index (χ1v) is 9.32. The van der Waals surface area contributed by atoms with Gasteiger partial charge >= 0.3 is 6.03 Å². The van der Waals surface area contributed by atoms with Crippen molar-refractivity contribution in [3.05, 3.63) is 35.9 Å². The van der Waals surface area contributed by atoms with Crippen LogP contribution in [0.2, 0.25) is 0 Å². The minimum Gasteiger partial charge on any atom is -0.383 e. The smallest absolute Gasteiger partial charge is 0.322 e. The maximum atomic E-state index is 12.7. The van der Waals surface area contributed by atoms with E-state index in [0.717, 1.165) is 30.2 Å². The van der Waals surface area contributed by atoms with Gasteiger partial charge in [-0.15, -0.1) is 10.2 Å². The zero-order valence-electron chi connectivity index (χ0n) is 16.3. The highest BCUT2D eigenvalue weighted by atomic mass is 16.5. The predicted molar refractivity (Wildman–Crippen MR) is 105 cm³/mol. The number of amides is 2. The Morgan fingerprint density at radius 1 is 1.33 bits per heavy atom. The predicted octanol–water partition coefficient (Wildman–Crippen LogP) is 2.50. The molecule has 2 amide bonds. The van der Waals surface area contributed by atoms with Crippen LogP contribution in [0.3, 0.4) is 0 Å². The molecule has 1 aliphatic rings. The van der Waals surface area contributed by atoms with Crippen molar-refractivity contribution in [3.63, 3.8) is 0 Å². The van der Waals surface area contributed by atoms with Gasteiger partial charge in [0, 0.05) is 45.2 Å². The van der Waals surface area contributed by atoms with Crippen LogP contribution < -0.4 is 10.2 Å². The first-order valence-electron chi connectivity index (χ1n) is 9.32. The third kappa shape index (κ3) is 4.57. The lowest BCUT2D eigenvalue weighted by Crippen LogP contribution is -2.32. The van der Waals surface area contributed by atoms with E-state index in [9.17, 15) is 4.79 Å². The topological polar surface area (TPSA) is 75.5 Å². The number of nitrogens with zero attached hydrogens (tertiary/aromatic N) is 5. The SMILES string of the molecule is COCCn1cnnc1CN(C)C(=O)Nc1cccc(N2CCCC2)c1C. The van der Waals surface area contributed by atoms with E-state index < -0.39 is 0 Å². The average Bonchev–Trinajstić information content (AvgIpc) is 3.33. The molecule has 3 rings (SSSR count). The summed E-state index contributed by atoms with van der Waals surface area (Å²) in [5.74, 6) is 0.729. The molecular weight excluding hydrogens is 344 g/mol. The van der Waals surface area contributed by atoms with Gasteiger partial charge in [0.15, 0.2) is 5.82 Å². The molecule has 8 nitrogen and oxygen atoms in total. The highest BCUT2D eigenvalue weighted by molar-refractivity contribution is 5.91. The monoisotopic (exact) mass is 372 g/mol. The summed E-state index contributed by atoms with van der Waals surface area (Å²) >= 11 is 0. The zero-order valence-corrected chi connectivity index (χ0v) is 16.3. The van der Waals surface area contributed by atoms with Crippen LogP contribution in [0.1, 0.15) is 24.2 Å². The molecule has 1 aromatic carbocycles. The van der Waals surface area contributed by atoms with E-state index >= 15 is 0 Å². The number of urea groups is 1. The molecule has 0 spiro atoms. The van der Waals surface area contributed by atoms with Crippen LogP contribution in [0.15, 0.2) is 24.5 Å². The molecular formula is C19H28N6O2. The molecule has 146 valence electrons. The second-order valence-electron chi connectivity index (χ2n) is 6.86. The van der Waals surface area contributed by atoms with Crippen molar-refractivity contribution in [1.29, 1.82) is 0 Å². The van der Waals surface area contributed by atoms with Crippen molar-refractivity contribution in [2.24, 2.45) is 0 Å². The number of carbonyl (C=O) groups excluding carboxylic acids is 1. The molecule has 0 radical (unpaired) electrons. The number of rotatable bonds is 7. The molecule has 1 N–H and O–H groups in total. The first kappa shape index (κ1) is 19.2. The fourth-order valence-corrected chi connectivity index (χ4v) is 3.33. The molecule has 0 bridgehead atoms. The number of nitrogens with one attached hydrogen (secondary N) is 1. The quantitative estimate of drug-likeness (QED) is 0.808. The number of anilines is 2. The molecule has 0 aliphatic carbocycles. The summed E-state index contributed by atoms with van der Waals surface area (Å²) in [5, 5.41) is 11.1. The van der Waals surface area contributed by atoms with Crippen molar-refractivity contribution in [2.75, 3.05) is 44.1 Å². The van der Waals surface area contributed by atoms with Gasteiger partial charge in [0.1, 0.15) is 6.33 Å². The molecule has 2 aromatic rings. The second kappa shape index (κ2) is 8.85. The van der Waals surface area contributed by atoms with Crippen LogP contribution in [0.25, 0.3) is 0 Å². The Bertz CT molecular complexity index is 769. The van der Waals surface area contributed by atoms with E-state index in [1.54, 1.807) is 25.4 Å². The highest BCUT2D eigenvalue weighted by Crippen LogP contribution is 2.29. The van der Waals surface area contributed by atoms with Crippen molar-refractivity contribution in [1.82, 2.24) is 19.7 Å². The van der Waals surface area contributed by atoms with E-state index in [2.05, 4.69) is 33.4 Å². The fraction of sp³-hybridized carbons (Fsp3) is 0.526. The number of carbonyl (C=O) groups is 1. The summed E-state index contributed by atoms with van der Waals surface area (Å²) < 4.78 is 6.99. The summed E-state index contributed by atoms with van der Waals surface area (Å²) in [5.41, 5.74) is 3.15. The van der Waals surface area contributed by atoms with Gasteiger partial charge in [-0.3, -0.25) is 0 Å². The summed E-state index contributed by atoms with van der Waals surface area (Å²) in [6.45, 7) is 5.82. The van der Waals surface area contributed by atoms with Crippen LogP contribution in [-0.2, 0) is 17.8 Å². The van der Waals surface area contributed by atoms with E-state index in [4.69, 9.17) is 4.74 Å². The van der Waals surface area contributed by atoms with Gasteiger partial charge in [0.25, 0.3) is 0 Å². The number of methoxy groups -OCH3 is 1. The third-order valence-corrected chi connectivity index (χ3v) is 4.95. The third-order valence-electron chi connectivity index (χ3n) is 4.95. The van der Waals surface area contributed by atoms with Gasteiger partial charge < -0.3 is 24.4 Å². The van der Waals surface area contributed by atoms with Gasteiger partial charge in [0.2, 0.25) is 0 Å². The molecule has 0 atom stereocenters. The van der Waals surface area contributed by atoms with E-state index in [1.807, 2.05) is 16.7 Å². The van der Waals surface area contributed by atoms with Gasteiger partial charge in [-0.05, 0) is 37.5 Å². The number of aromatic nitrogens is 3. The number of hydrogen-bond donors (Lipinski definition) is 1. The van der Waals surface area contributed by atoms with E-state index in [0.29, 0.717) is 19.7 Å². The Labute approximate surface area is 160 Å². The molecule has 8 heteroatoms. The van der Waals surface area contributed by atoms with Crippen LogP contribution in [0.5, 0.6) is 0 Å². The Balaban J connectivity index is 1.65. The summed E-state index contributed by atoms with van der Waals surface area (Å²) in [4.78, 5) is 16.7. The lowest BCUT2D eigenvalue weighted by molar-refractivity contribution is 0.184. The van der Waals surface area contributed by atoms with Crippen LogP contribution >= 0.6 is 0 Å². The van der Waals surface area contributed by atoms with Gasteiger partial charge in [-0.2, -0.15) is 0 Å². The molecule has 1 aliphatic heterocycles. The molecule has 2 heterocycles. The highest BCUT2D eigenvalue weighted by Gasteiger charge is 2.18. The minimum atomic E-state index is -0.169. The minimum absolute atomic E-state index is 0.169. The lowest BCUT2D eigenvalue weighted by Gasteiger charge is -2.23. The van der Waals surface area contributed by atoms with Crippen molar-refractivity contribution < 1.29 is 9.53 Å². The van der Waals surface area contributed by atoms with Crippen LogP contribution in [0.4, 0.5) is 16.2 Å². The Morgan fingerprint density at radius 3 is 2.85 bits per heavy atom. The Hall–Kier alpha value is -2.61. The number of ether oxygens (including phenoxy) is 1. The van der Waals surface area contributed by atoms with E-state index in [-0.39, 0.29) is 6.03 Å². The average molecular weight is 372 g/mol. The molecule has 1 aromatic heterocycles. The first-order chi connectivity index (χ1) is 13.1. The lowest BCUT2D eigenvalue weighted by atomic mass is 10.1. The summed E-state index contributed by atoms with van der Waals surface area (Å²) in [6, 6.07) is 5.90. The molecule has 27 heavy (non-hydrogen) atoms. The summed E-state index contributed by atoms with van der Waals surface area (Å²) in [6.07, 6.45) is 4.11. The second-order valence-corrected chi connectivity index (χ2v) is 6.86. The summed E-state index contributed by atoms with van der Waals surface area (Å²) in [7, 11) is 3.41. The number of hydrogen-bond acceptors (Lipinski definition) is 5. The Kier molecular flexibility index (Phi) is 6.28. The van der Waals surface area contributed by atoms with Crippen LogP contribution in [-0.4, -0.2) is 59.5 Å². The number of benzene rings is 1. The normalized spacial score (nSPS) is 13.8. The zero-order chi connectivity index (χ0) is 19.2. The van der Waals surface area contributed by atoms with Crippen molar-refractivity contribution in [3.8, 4) is 0 Å².